The number of H-pyrrole nitrogens is 1. The van der Waals surface area contributed by atoms with Crippen molar-refractivity contribution < 1.29 is 14.7 Å². The van der Waals surface area contributed by atoms with Crippen LogP contribution in [0.4, 0.5) is 4.79 Å². The maximum absolute atomic E-state index is 12.7. The van der Waals surface area contributed by atoms with E-state index in [1.165, 1.54) is 0 Å². The molecule has 2 aromatic rings. The number of urea groups is 1. The summed E-state index contributed by atoms with van der Waals surface area (Å²) in [6.07, 6.45) is 3.64. The largest absolute Gasteiger partial charge is 0.380 e. The van der Waals surface area contributed by atoms with E-state index in [0.29, 0.717) is 37.5 Å². The van der Waals surface area contributed by atoms with Gasteiger partial charge in [0.15, 0.2) is 0 Å². The van der Waals surface area contributed by atoms with Gasteiger partial charge in [0.05, 0.1) is 12.6 Å². The van der Waals surface area contributed by atoms with E-state index in [2.05, 4.69) is 10.3 Å². The molecule has 1 aromatic heterocycles. The van der Waals surface area contributed by atoms with Crippen LogP contribution in [0.2, 0.25) is 5.02 Å². The number of carbonyl (C=O) groups is 2. The summed E-state index contributed by atoms with van der Waals surface area (Å²) in [6.45, 7) is 1.49. The highest BCUT2D eigenvalue weighted by atomic mass is 35.5. The monoisotopic (exact) mass is 418 g/mol. The Labute approximate surface area is 175 Å². The average Bonchev–Trinajstić information content (AvgIpc) is 3.11. The van der Waals surface area contributed by atoms with Crippen LogP contribution in [0.3, 0.4) is 0 Å². The van der Waals surface area contributed by atoms with Crippen LogP contribution in [0.5, 0.6) is 0 Å². The lowest BCUT2D eigenvalue weighted by Crippen LogP contribution is -2.58. The number of aromatic amines is 1. The number of rotatable bonds is 4. The summed E-state index contributed by atoms with van der Waals surface area (Å²) in [4.78, 5) is 31.9. The number of nitrogens with one attached hydrogen (secondary N) is 2. The lowest BCUT2D eigenvalue weighted by atomic mass is 9.79. The third-order valence-electron chi connectivity index (χ3n) is 6.20. The number of likely N-dealkylation sites (tertiary alicyclic amines) is 1. The zero-order valence-electron chi connectivity index (χ0n) is 16.6. The molecule has 1 aliphatic carbocycles. The molecule has 1 aliphatic heterocycles. The van der Waals surface area contributed by atoms with E-state index in [4.69, 9.17) is 11.6 Å². The third-order valence-corrected chi connectivity index (χ3v) is 6.43. The molecule has 8 heteroatoms. The minimum absolute atomic E-state index is 0.0575. The van der Waals surface area contributed by atoms with Crippen LogP contribution >= 0.6 is 11.6 Å². The van der Waals surface area contributed by atoms with Gasteiger partial charge in [-0.05, 0) is 56.4 Å². The minimum Gasteiger partial charge on any atom is -0.380 e. The second-order valence-corrected chi connectivity index (χ2v) is 8.66. The van der Waals surface area contributed by atoms with Crippen molar-refractivity contribution in [3.8, 4) is 0 Å². The average molecular weight is 419 g/mol. The predicted molar refractivity (Wildman–Crippen MR) is 112 cm³/mol. The van der Waals surface area contributed by atoms with Gasteiger partial charge in [0.25, 0.3) is 5.91 Å². The van der Waals surface area contributed by atoms with Crippen molar-refractivity contribution in [3.05, 3.63) is 35.0 Å². The molecular weight excluding hydrogens is 392 g/mol. The number of carbonyl (C=O) groups excluding carboxylic acids is 2. The van der Waals surface area contributed by atoms with Crippen molar-refractivity contribution >= 4 is 34.4 Å². The van der Waals surface area contributed by atoms with Crippen molar-refractivity contribution in [2.75, 3.05) is 20.1 Å². The van der Waals surface area contributed by atoms with Gasteiger partial charge in [0, 0.05) is 41.8 Å². The molecule has 3 amide bonds. The first-order chi connectivity index (χ1) is 13.9. The highest BCUT2D eigenvalue weighted by Gasteiger charge is 2.45. The van der Waals surface area contributed by atoms with E-state index in [1.807, 2.05) is 24.3 Å². The molecule has 2 aliphatic rings. The summed E-state index contributed by atoms with van der Waals surface area (Å²) < 4.78 is 0. The molecule has 1 saturated carbocycles. The summed E-state index contributed by atoms with van der Waals surface area (Å²) in [7, 11) is 1.76. The number of aromatic nitrogens is 1. The first-order valence-corrected chi connectivity index (χ1v) is 10.5. The second-order valence-electron chi connectivity index (χ2n) is 8.23. The Morgan fingerprint density at radius 2 is 2.14 bits per heavy atom. The van der Waals surface area contributed by atoms with E-state index in [9.17, 15) is 14.7 Å². The molecular formula is C21H27ClN4O3. The van der Waals surface area contributed by atoms with Crippen molar-refractivity contribution in [3.63, 3.8) is 0 Å². The first-order valence-electron chi connectivity index (χ1n) is 10.2. The predicted octanol–water partition coefficient (Wildman–Crippen LogP) is 2.87. The molecule has 156 valence electrons. The molecule has 1 saturated heterocycles. The van der Waals surface area contributed by atoms with Crippen LogP contribution < -0.4 is 5.32 Å². The van der Waals surface area contributed by atoms with Crippen LogP contribution in [-0.4, -0.2) is 63.6 Å². The highest BCUT2D eigenvalue weighted by molar-refractivity contribution is 6.31. The summed E-state index contributed by atoms with van der Waals surface area (Å²) >= 11 is 6.02. The topological polar surface area (TPSA) is 88.7 Å². The standard InChI is InChI=1S/C21H27ClN4O3/c1-25(17-4-2-9-26(13-17)19(27)21(29)7-3-8-21)20(28)23-12-16-11-14-10-15(22)5-6-18(14)24-16/h5-6,10-11,17,24,29H,2-4,7-9,12-13H2,1H3,(H,23,28). The maximum atomic E-state index is 12.7. The van der Waals surface area contributed by atoms with E-state index in [1.54, 1.807) is 16.8 Å². The highest BCUT2D eigenvalue weighted by Crippen LogP contribution is 2.34. The van der Waals surface area contributed by atoms with Gasteiger partial charge in [-0.15, -0.1) is 0 Å². The van der Waals surface area contributed by atoms with Crippen LogP contribution in [-0.2, 0) is 11.3 Å². The zero-order chi connectivity index (χ0) is 20.6. The van der Waals surface area contributed by atoms with Crippen LogP contribution in [0.1, 0.15) is 37.8 Å². The summed E-state index contributed by atoms with van der Waals surface area (Å²) in [5, 5.41) is 15.0. The molecule has 3 N–H and O–H groups in total. The van der Waals surface area contributed by atoms with Gasteiger partial charge >= 0.3 is 6.03 Å². The van der Waals surface area contributed by atoms with Gasteiger partial charge in [-0.3, -0.25) is 4.79 Å². The third kappa shape index (κ3) is 4.07. The quantitative estimate of drug-likeness (QED) is 0.713. The molecule has 4 rings (SSSR count). The number of piperidine rings is 1. The molecule has 2 heterocycles. The fourth-order valence-corrected chi connectivity index (χ4v) is 4.38. The summed E-state index contributed by atoms with van der Waals surface area (Å²) in [5.41, 5.74) is 0.695. The zero-order valence-corrected chi connectivity index (χ0v) is 17.3. The number of likely N-dealkylation sites (N-methyl/N-ethyl adjacent to an activating group) is 1. The van der Waals surface area contributed by atoms with Crippen LogP contribution in [0.25, 0.3) is 10.9 Å². The van der Waals surface area contributed by atoms with Crippen molar-refractivity contribution in [1.29, 1.82) is 0 Å². The fourth-order valence-electron chi connectivity index (χ4n) is 4.20. The molecule has 29 heavy (non-hydrogen) atoms. The van der Waals surface area contributed by atoms with Crippen molar-refractivity contribution in [2.24, 2.45) is 0 Å². The van der Waals surface area contributed by atoms with Gasteiger partial charge in [-0.1, -0.05) is 11.6 Å². The number of hydrogen-bond acceptors (Lipinski definition) is 3. The fraction of sp³-hybridized carbons (Fsp3) is 0.524. The van der Waals surface area contributed by atoms with E-state index < -0.39 is 5.60 Å². The van der Waals surface area contributed by atoms with Gasteiger partial charge in [0.1, 0.15) is 5.60 Å². The normalized spacial score (nSPS) is 20.9. The number of amides is 3. The number of fused-ring (bicyclic) bond motifs is 1. The Morgan fingerprint density at radius 1 is 1.34 bits per heavy atom. The summed E-state index contributed by atoms with van der Waals surface area (Å²) in [5.74, 6) is -0.181. The SMILES string of the molecule is CN(C(=O)NCc1cc2cc(Cl)ccc2[nH]1)C1CCCN(C(=O)C2(O)CCC2)C1. The smallest absolute Gasteiger partial charge is 0.317 e. The van der Waals surface area contributed by atoms with E-state index in [-0.39, 0.29) is 18.0 Å². The Morgan fingerprint density at radius 3 is 2.86 bits per heavy atom. The van der Waals surface area contributed by atoms with Crippen molar-refractivity contribution in [2.45, 2.75) is 50.3 Å². The van der Waals surface area contributed by atoms with Crippen molar-refractivity contribution in [1.82, 2.24) is 20.1 Å². The molecule has 0 bridgehead atoms. The number of halogens is 1. The van der Waals surface area contributed by atoms with Gasteiger partial charge < -0.3 is 25.2 Å². The van der Waals surface area contributed by atoms with Crippen LogP contribution in [0, 0.1) is 0 Å². The Balaban J connectivity index is 1.33. The van der Waals surface area contributed by atoms with Gasteiger partial charge in [0.2, 0.25) is 0 Å². The molecule has 7 nitrogen and oxygen atoms in total. The minimum atomic E-state index is -1.18. The molecule has 1 aromatic carbocycles. The molecule has 1 unspecified atom stereocenters. The number of aliphatic hydroxyl groups is 1. The molecule has 0 spiro atoms. The number of hydrogen-bond donors (Lipinski definition) is 3. The number of nitrogens with zero attached hydrogens (tertiary/aromatic N) is 2. The Bertz CT molecular complexity index is 924. The molecule has 0 radical (unpaired) electrons. The lowest BCUT2D eigenvalue weighted by Gasteiger charge is -2.43. The van der Waals surface area contributed by atoms with Crippen LogP contribution in [0.15, 0.2) is 24.3 Å². The lowest BCUT2D eigenvalue weighted by molar-refractivity contribution is -0.162. The van der Waals surface area contributed by atoms with E-state index in [0.717, 1.165) is 35.9 Å². The Hall–Kier alpha value is -2.25. The molecule has 1 atom stereocenters. The Kier molecular flexibility index (Phi) is 5.44. The second kappa shape index (κ2) is 7.88. The van der Waals surface area contributed by atoms with Gasteiger partial charge in [-0.2, -0.15) is 0 Å². The van der Waals surface area contributed by atoms with E-state index >= 15 is 0 Å². The first kappa shape index (κ1) is 20.0. The van der Waals surface area contributed by atoms with Gasteiger partial charge in [-0.25, -0.2) is 4.79 Å². The number of benzene rings is 1. The molecule has 2 fully saturated rings. The summed E-state index contributed by atoms with van der Waals surface area (Å²) in [6, 6.07) is 7.36. The maximum Gasteiger partial charge on any atom is 0.317 e.